The fourth-order valence-corrected chi connectivity index (χ4v) is 3.13. The van der Waals surface area contributed by atoms with Crippen LogP contribution in [0, 0.1) is 5.92 Å². The fraction of sp³-hybridized carbons (Fsp3) is 0.769. The summed E-state index contributed by atoms with van der Waals surface area (Å²) < 4.78 is 1.89. The van der Waals surface area contributed by atoms with Gasteiger partial charge in [-0.2, -0.15) is 5.10 Å². The van der Waals surface area contributed by atoms with Gasteiger partial charge in [-0.1, -0.05) is 0 Å². The number of nitrogens with one attached hydrogen (secondary N) is 1. The van der Waals surface area contributed by atoms with Gasteiger partial charge in [-0.05, 0) is 33.2 Å². The number of likely N-dealkylation sites (tertiary alicyclic amines) is 1. The van der Waals surface area contributed by atoms with E-state index in [1.54, 1.807) is 6.33 Å². The third-order valence-electron chi connectivity index (χ3n) is 4.10. The van der Waals surface area contributed by atoms with Crippen LogP contribution in [0.15, 0.2) is 6.33 Å². The molecule has 6 heteroatoms. The highest BCUT2D eigenvalue weighted by Gasteiger charge is 2.41. The van der Waals surface area contributed by atoms with Gasteiger partial charge in [-0.15, -0.1) is 0 Å². The van der Waals surface area contributed by atoms with Gasteiger partial charge >= 0.3 is 0 Å². The van der Waals surface area contributed by atoms with Crippen molar-refractivity contribution in [1.82, 2.24) is 25.0 Å². The van der Waals surface area contributed by atoms with Crippen molar-refractivity contribution in [2.75, 3.05) is 13.1 Å². The second-order valence-corrected chi connectivity index (χ2v) is 5.74. The molecule has 2 unspecified atom stereocenters. The Labute approximate surface area is 113 Å². The molecule has 19 heavy (non-hydrogen) atoms. The predicted molar refractivity (Wildman–Crippen MR) is 70.3 cm³/mol. The number of rotatable bonds is 3. The average molecular weight is 263 g/mol. The lowest BCUT2D eigenvalue weighted by atomic mass is 9.94. The van der Waals surface area contributed by atoms with Crippen molar-refractivity contribution in [3.8, 4) is 0 Å². The molecular weight excluding hydrogens is 242 g/mol. The molecule has 1 N–H and O–H groups in total. The maximum atomic E-state index is 12.4. The van der Waals surface area contributed by atoms with Gasteiger partial charge in [-0.3, -0.25) is 4.79 Å². The highest BCUT2D eigenvalue weighted by molar-refractivity contribution is 5.82. The van der Waals surface area contributed by atoms with Gasteiger partial charge < -0.3 is 10.2 Å². The van der Waals surface area contributed by atoms with Crippen molar-refractivity contribution in [1.29, 1.82) is 0 Å². The van der Waals surface area contributed by atoms with Crippen molar-refractivity contribution in [2.45, 2.75) is 45.3 Å². The highest BCUT2D eigenvalue weighted by Crippen LogP contribution is 2.27. The van der Waals surface area contributed by atoms with E-state index in [0.717, 1.165) is 31.8 Å². The van der Waals surface area contributed by atoms with Gasteiger partial charge in [-0.25, -0.2) is 9.67 Å². The summed E-state index contributed by atoms with van der Waals surface area (Å²) in [7, 11) is 0. The number of carbonyl (C=O) groups is 1. The van der Waals surface area contributed by atoms with E-state index >= 15 is 0 Å². The van der Waals surface area contributed by atoms with Gasteiger partial charge in [0, 0.05) is 18.6 Å². The number of hydrogen-bond donors (Lipinski definition) is 1. The lowest BCUT2D eigenvalue weighted by Gasteiger charge is -2.23. The van der Waals surface area contributed by atoms with Gasteiger partial charge in [0.25, 0.3) is 0 Å². The maximum Gasteiger partial charge on any atom is 0.227 e. The molecule has 104 valence electrons. The molecule has 3 heterocycles. The molecule has 2 aliphatic heterocycles. The van der Waals surface area contributed by atoms with E-state index < -0.39 is 0 Å². The van der Waals surface area contributed by atoms with Crippen LogP contribution in [-0.2, 0) is 11.3 Å². The highest BCUT2D eigenvalue weighted by atomic mass is 16.2. The van der Waals surface area contributed by atoms with Gasteiger partial charge in [0.1, 0.15) is 12.2 Å². The summed E-state index contributed by atoms with van der Waals surface area (Å²) >= 11 is 0. The molecule has 0 spiro atoms. The largest absolute Gasteiger partial charge is 0.333 e. The molecule has 2 fully saturated rings. The number of amides is 1. The molecule has 1 amide bonds. The summed E-state index contributed by atoms with van der Waals surface area (Å²) in [6, 6.07) is 0.604. The Bertz CT molecular complexity index is 469. The lowest BCUT2D eigenvalue weighted by Crippen LogP contribution is -2.41. The van der Waals surface area contributed by atoms with Crippen molar-refractivity contribution in [3.05, 3.63) is 12.2 Å². The van der Waals surface area contributed by atoms with E-state index in [1.807, 2.05) is 9.58 Å². The van der Waals surface area contributed by atoms with Crippen molar-refractivity contribution >= 4 is 5.91 Å². The van der Waals surface area contributed by atoms with E-state index in [4.69, 9.17) is 0 Å². The lowest BCUT2D eigenvalue weighted by molar-refractivity contribution is -0.132. The Morgan fingerprint density at radius 2 is 2.37 bits per heavy atom. The summed E-state index contributed by atoms with van der Waals surface area (Å²) in [5, 5.41) is 7.68. The molecule has 0 aromatic carbocycles. The van der Waals surface area contributed by atoms with Crippen LogP contribution < -0.4 is 5.32 Å². The number of carbonyl (C=O) groups excluding carboxylic acids is 1. The van der Waals surface area contributed by atoms with E-state index in [9.17, 15) is 4.79 Å². The molecule has 3 rings (SSSR count). The molecule has 6 nitrogen and oxygen atoms in total. The second kappa shape index (κ2) is 4.92. The molecular formula is C13H21N5O. The third-order valence-corrected chi connectivity index (χ3v) is 4.10. The summed E-state index contributed by atoms with van der Waals surface area (Å²) in [5.74, 6) is 1.32. The first-order valence-corrected chi connectivity index (χ1v) is 7.07. The molecule has 0 bridgehead atoms. The first kappa shape index (κ1) is 12.6. The van der Waals surface area contributed by atoms with Crippen LogP contribution in [0.5, 0.6) is 0 Å². The zero-order valence-electron chi connectivity index (χ0n) is 11.5. The summed E-state index contributed by atoms with van der Waals surface area (Å²) in [4.78, 5) is 18.6. The van der Waals surface area contributed by atoms with Crippen LogP contribution in [0.4, 0.5) is 0 Å². The molecule has 0 aliphatic carbocycles. The smallest absolute Gasteiger partial charge is 0.227 e. The molecule has 2 saturated heterocycles. The van der Waals surface area contributed by atoms with Crippen LogP contribution in [-0.4, -0.2) is 44.7 Å². The van der Waals surface area contributed by atoms with Crippen molar-refractivity contribution in [3.63, 3.8) is 0 Å². The van der Waals surface area contributed by atoms with Crippen LogP contribution in [0.3, 0.4) is 0 Å². The fourth-order valence-electron chi connectivity index (χ4n) is 3.13. The SMILES string of the molecule is CC(C)n1ncnc1CN1CC2NCCCC2C1=O. The van der Waals surface area contributed by atoms with E-state index in [-0.39, 0.29) is 17.9 Å². The molecule has 2 aliphatic rings. The van der Waals surface area contributed by atoms with Crippen LogP contribution in [0.25, 0.3) is 0 Å². The Balaban J connectivity index is 1.73. The van der Waals surface area contributed by atoms with E-state index in [1.165, 1.54) is 0 Å². The number of aromatic nitrogens is 3. The minimum Gasteiger partial charge on any atom is -0.333 e. The quantitative estimate of drug-likeness (QED) is 0.866. The standard InChI is InChI=1S/C13H21N5O/c1-9(2)18-12(15-8-16-18)7-17-6-11-10(13(17)19)4-3-5-14-11/h8-11,14H,3-7H2,1-2H3. The Kier molecular flexibility index (Phi) is 3.26. The molecule has 0 radical (unpaired) electrons. The predicted octanol–water partition coefficient (Wildman–Crippen LogP) is 0.569. The Morgan fingerprint density at radius 1 is 1.53 bits per heavy atom. The molecule has 1 aromatic rings. The Morgan fingerprint density at radius 3 is 3.11 bits per heavy atom. The molecule has 2 atom stereocenters. The first-order chi connectivity index (χ1) is 9.16. The van der Waals surface area contributed by atoms with Crippen LogP contribution in [0.1, 0.15) is 38.6 Å². The zero-order chi connectivity index (χ0) is 13.4. The van der Waals surface area contributed by atoms with E-state index in [2.05, 4.69) is 29.2 Å². The van der Waals surface area contributed by atoms with Gasteiger partial charge in [0.2, 0.25) is 5.91 Å². The van der Waals surface area contributed by atoms with Crippen LogP contribution in [0.2, 0.25) is 0 Å². The second-order valence-electron chi connectivity index (χ2n) is 5.74. The van der Waals surface area contributed by atoms with Crippen molar-refractivity contribution < 1.29 is 4.79 Å². The molecule has 1 aromatic heterocycles. The van der Waals surface area contributed by atoms with Gasteiger partial charge in [0.05, 0.1) is 12.5 Å². The Hall–Kier alpha value is -1.43. The minimum atomic E-state index is 0.171. The first-order valence-electron chi connectivity index (χ1n) is 7.07. The zero-order valence-corrected chi connectivity index (χ0v) is 11.5. The maximum absolute atomic E-state index is 12.4. The van der Waals surface area contributed by atoms with E-state index in [0.29, 0.717) is 12.6 Å². The third kappa shape index (κ3) is 2.25. The van der Waals surface area contributed by atoms with Crippen LogP contribution >= 0.6 is 0 Å². The van der Waals surface area contributed by atoms with Gasteiger partial charge in [0.15, 0.2) is 0 Å². The summed E-state index contributed by atoms with van der Waals surface area (Å²) in [6.45, 7) is 6.56. The monoisotopic (exact) mass is 263 g/mol. The summed E-state index contributed by atoms with van der Waals surface area (Å²) in [6.07, 6.45) is 3.69. The number of nitrogens with zero attached hydrogens (tertiary/aromatic N) is 4. The summed E-state index contributed by atoms with van der Waals surface area (Å²) in [5.41, 5.74) is 0. The minimum absolute atomic E-state index is 0.171. The normalized spacial score (nSPS) is 27.1. The number of hydrogen-bond acceptors (Lipinski definition) is 4. The topological polar surface area (TPSA) is 63.1 Å². The number of fused-ring (bicyclic) bond motifs is 1. The van der Waals surface area contributed by atoms with Crippen molar-refractivity contribution in [2.24, 2.45) is 5.92 Å². The molecule has 0 saturated carbocycles. The average Bonchev–Trinajstić information content (AvgIpc) is 2.97. The number of piperidine rings is 1.